The number of hydrogen-bond donors (Lipinski definition) is 1. The number of nitrogens with one attached hydrogen (secondary N) is 1. The zero-order valence-corrected chi connectivity index (χ0v) is 15.7. The number of halogens is 2. The first-order chi connectivity index (χ1) is 12.5. The van der Waals surface area contributed by atoms with Crippen molar-refractivity contribution in [1.29, 1.82) is 0 Å². The standard InChI is InChI=1S/C18H16BrFN4O2/c1-11-17(24(23-22-11)14-9-7-13(19)8-10-14)21-18(25)26-12(2)15-5-3-4-6-16(15)20/h3-10,12H,1-2H3,(H,21,25)/t12-/m1/s1. The Kier molecular flexibility index (Phi) is 5.32. The fourth-order valence-electron chi connectivity index (χ4n) is 2.42. The van der Waals surface area contributed by atoms with Crippen LogP contribution in [-0.4, -0.2) is 21.1 Å². The minimum absolute atomic E-state index is 0.305. The lowest BCUT2D eigenvalue weighted by Crippen LogP contribution is -2.19. The zero-order chi connectivity index (χ0) is 18.7. The molecule has 3 aromatic rings. The molecule has 0 bridgehead atoms. The van der Waals surface area contributed by atoms with Gasteiger partial charge in [-0.1, -0.05) is 39.3 Å². The Balaban J connectivity index is 1.77. The first-order valence-electron chi connectivity index (χ1n) is 7.86. The monoisotopic (exact) mass is 418 g/mol. The van der Waals surface area contributed by atoms with Gasteiger partial charge in [-0.2, -0.15) is 4.68 Å². The van der Waals surface area contributed by atoms with Gasteiger partial charge in [-0.25, -0.2) is 9.18 Å². The maximum absolute atomic E-state index is 13.8. The second-order valence-corrected chi connectivity index (χ2v) is 6.52. The summed E-state index contributed by atoms with van der Waals surface area (Å²) < 4.78 is 21.5. The van der Waals surface area contributed by atoms with Crippen LogP contribution in [0.1, 0.15) is 24.3 Å². The number of benzene rings is 2. The normalized spacial score (nSPS) is 11.8. The molecule has 1 amide bonds. The van der Waals surface area contributed by atoms with E-state index in [4.69, 9.17) is 4.74 Å². The second kappa shape index (κ2) is 7.65. The summed E-state index contributed by atoms with van der Waals surface area (Å²) in [6.45, 7) is 3.33. The highest BCUT2D eigenvalue weighted by Crippen LogP contribution is 2.23. The predicted octanol–water partition coefficient (Wildman–Crippen LogP) is 4.79. The lowest BCUT2D eigenvalue weighted by Gasteiger charge is -2.15. The van der Waals surface area contributed by atoms with Gasteiger partial charge in [-0.05, 0) is 44.2 Å². The van der Waals surface area contributed by atoms with Crippen molar-refractivity contribution in [3.05, 3.63) is 70.1 Å². The molecule has 1 N–H and O–H groups in total. The van der Waals surface area contributed by atoms with Crippen LogP contribution < -0.4 is 5.32 Å². The maximum Gasteiger partial charge on any atom is 0.413 e. The fraction of sp³-hybridized carbons (Fsp3) is 0.167. The van der Waals surface area contributed by atoms with Crippen LogP contribution in [0.5, 0.6) is 0 Å². The van der Waals surface area contributed by atoms with Gasteiger partial charge < -0.3 is 4.74 Å². The number of nitrogens with zero attached hydrogens (tertiary/aromatic N) is 3. The molecule has 1 atom stereocenters. The number of ether oxygens (including phenoxy) is 1. The molecule has 0 unspecified atom stereocenters. The minimum atomic E-state index is -0.742. The highest BCUT2D eigenvalue weighted by molar-refractivity contribution is 9.10. The average molecular weight is 419 g/mol. The first-order valence-corrected chi connectivity index (χ1v) is 8.65. The number of aromatic nitrogens is 3. The molecule has 0 saturated heterocycles. The number of anilines is 1. The second-order valence-electron chi connectivity index (χ2n) is 5.61. The minimum Gasteiger partial charge on any atom is -0.441 e. The van der Waals surface area contributed by atoms with Crippen LogP contribution in [-0.2, 0) is 4.74 Å². The van der Waals surface area contributed by atoms with Crippen molar-refractivity contribution in [2.45, 2.75) is 20.0 Å². The Morgan fingerprint density at radius 1 is 1.23 bits per heavy atom. The molecule has 2 aromatic carbocycles. The van der Waals surface area contributed by atoms with Crippen molar-refractivity contribution in [2.24, 2.45) is 0 Å². The van der Waals surface area contributed by atoms with E-state index in [1.807, 2.05) is 24.3 Å². The molecular weight excluding hydrogens is 403 g/mol. The maximum atomic E-state index is 13.8. The number of aryl methyl sites for hydroxylation is 1. The van der Waals surface area contributed by atoms with E-state index in [1.165, 1.54) is 10.7 Å². The number of rotatable bonds is 4. The van der Waals surface area contributed by atoms with Crippen LogP contribution in [0.2, 0.25) is 0 Å². The average Bonchev–Trinajstić information content (AvgIpc) is 2.96. The molecule has 0 aliphatic heterocycles. The Bertz CT molecular complexity index is 927. The highest BCUT2D eigenvalue weighted by Gasteiger charge is 2.19. The molecule has 6 nitrogen and oxygen atoms in total. The van der Waals surface area contributed by atoms with Crippen LogP contribution in [0.4, 0.5) is 15.0 Å². The van der Waals surface area contributed by atoms with Gasteiger partial charge in [0.1, 0.15) is 17.6 Å². The van der Waals surface area contributed by atoms with Crippen molar-refractivity contribution < 1.29 is 13.9 Å². The molecule has 0 spiro atoms. The van der Waals surface area contributed by atoms with Gasteiger partial charge in [0.2, 0.25) is 0 Å². The third-order valence-corrected chi connectivity index (χ3v) is 4.29. The summed E-state index contributed by atoms with van der Waals surface area (Å²) in [4.78, 5) is 12.3. The third-order valence-electron chi connectivity index (χ3n) is 3.76. The Labute approximate surface area is 158 Å². The van der Waals surface area contributed by atoms with E-state index in [-0.39, 0.29) is 0 Å². The van der Waals surface area contributed by atoms with Gasteiger partial charge in [0.25, 0.3) is 0 Å². The van der Waals surface area contributed by atoms with Gasteiger partial charge in [0.05, 0.1) is 5.69 Å². The summed E-state index contributed by atoms with van der Waals surface area (Å²) in [5, 5.41) is 10.7. The quantitative estimate of drug-likeness (QED) is 0.661. The van der Waals surface area contributed by atoms with Crippen molar-refractivity contribution in [1.82, 2.24) is 15.0 Å². The molecule has 134 valence electrons. The largest absolute Gasteiger partial charge is 0.441 e. The van der Waals surface area contributed by atoms with E-state index in [9.17, 15) is 9.18 Å². The summed E-state index contributed by atoms with van der Waals surface area (Å²) in [5.74, 6) is -0.0383. The summed E-state index contributed by atoms with van der Waals surface area (Å²) >= 11 is 3.37. The van der Waals surface area contributed by atoms with E-state index >= 15 is 0 Å². The van der Waals surface area contributed by atoms with E-state index in [2.05, 4.69) is 31.6 Å². The Hall–Kier alpha value is -2.74. The van der Waals surface area contributed by atoms with Crippen LogP contribution in [0.3, 0.4) is 0 Å². The SMILES string of the molecule is Cc1nnn(-c2ccc(Br)cc2)c1NC(=O)O[C@H](C)c1ccccc1F. The molecule has 0 saturated carbocycles. The summed E-state index contributed by atoms with van der Waals surface area (Å²) in [6.07, 6.45) is -1.46. The van der Waals surface area contributed by atoms with E-state index < -0.39 is 18.0 Å². The fourth-order valence-corrected chi connectivity index (χ4v) is 2.68. The van der Waals surface area contributed by atoms with Gasteiger partial charge in [-0.3, -0.25) is 5.32 Å². The van der Waals surface area contributed by atoms with Gasteiger partial charge in [0, 0.05) is 10.0 Å². The number of amides is 1. The van der Waals surface area contributed by atoms with E-state index in [0.717, 1.165) is 10.2 Å². The van der Waals surface area contributed by atoms with E-state index in [1.54, 1.807) is 32.0 Å². The smallest absolute Gasteiger partial charge is 0.413 e. The third kappa shape index (κ3) is 3.91. The van der Waals surface area contributed by atoms with Gasteiger partial charge in [-0.15, -0.1) is 5.10 Å². The highest BCUT2D eigenvalue weighted by atomic mass is 79.9. The molecule has 0 aliphatic carbocycles. The van der Waals surface area contributed by atoms with Crippen molar-refractivity contribution >= 4 is 27.8 Å². The van der Waals surface area contributed by atoms with Crippen LogP contribution in [0.25, 0.3) is 5.69 Å². The number of carbonyl (C=O) groups is 1. The van der Waals surface area contributed by atoms with Crippen molar-refractivity contribution in [3.63, 3.8) is 0 Å². The zero-order valence-electron chi connectivity index (χ0n) is 14.1. The topological polar surface area (TPSA) is 69.0 Å². The number of hydrogen-bond acceptors (Lipinski definition) is 4. The Morgan fingerprint density at radius 2 is 1.92 bits per heavy atom. The van der Waals surface area contributed by atoms with E-state index in [0.29, 0.717) is 17.1 Å². The predicted molar refractivity (Wildman–Crippen MR) is 98.7 cm³/mol. The Morgan fingerprint density at radius 3 is 2.62 bits per heavy atom. The van der Waals surface area contributed by atoms with Crippen LogP contribution in [0, 0.1) is 12.7 Å². The van der Waals surface area contributed by atoms with Gasteiger partial charge >= 0.3 is 6.09 Å². The number of carbonyl (C=O) groups excluding carboxylic acids is 1. The summed E-state index contributed by atoms with van der Waals surface area (Å²) in [7, 11) is 0. The first kappa shape index (κ1) is 18.1. The lowest BCUT2D eigenvalue weighted by atomic mass is 10.1. The molecule has 8 heteroatoms. The molecule has 0 radical (unpaired) electrons. The summed E-state index contributed by atoms with van der Waals surface area (Å²) in [6, 6.07) is 13.5. The lowest BCUT2D eigenvalue weighted by molar-refractivity contribution is 0.119. The molecular formula is C18H16BrFN4O2. The molecule has 1 aromatic heterocycles. The molecule has 0 fully saturated rings. The van der Waals surface area contributed by atoms with Gasteiger partial charge in [0.15, 0.2) is 5.82 Å². The van der Waals surface area contributed by atoms with Crippen LogP contribution >= 0.6 is 15.9 Å². The molecule has 1 heterocycles. The molecule has 26 heavy (non-hydrogen) atoms. The molecule has 0 aliphatic rings. The molecule has 3 rings (SSSR count). The van der Waals surface area contributed by atoms with Crippen molar-refractivity contribution in [2.75, 3.05) is 5.32 Å². The van der Waals surface area contributed by atoms with Crippen LogP contribution in [0.15, 0.2) is 53.0 Å². The van der Waals surface area contributed by atoms with Crippen molar-refractivity contribution in [3.8, 4) is 5.69 Å². The summed E-state index contributed by atoms with van der Waals surface area (Å²) in [5.41, 5.74) is 1.56.